The Hall–Kier alpha value is -7.11. The van der Waals surface area contributed by atoms with Crippen molar-refractivity contribution in [1.82, 2.24) is 9.55 Å². The molecule has 1 aliphatic rings. The molecule has 2 aromatic heterocycles. The third-order valence-corrected chi connectivity index (χ3v) is 14.8. The van der Waals surface area contributed by atoms with Crippen molar-refractivity contribution in [3.8, 4) is 39.6 Å². The summed E-state index contributed by atoms with van der Waals surface area (Å²) in [6.07, 6.45) is 2.00. The van der Waals surface area contributed by atoms with E-state index in [1.54, 1.807) is 0 Å². The van der Waals surface area contributed by atoms with E-state index in [9.17, 15) is 0 Å². The molecule has 0 bridgehead atoms. The number of anilines is 4. The summed E-state index contributed by atoms with van der Waals surface area (Å²) in [6.45, 7) is 35.4. The van der Waals surface area contributed by atoms with Crippen LogP contribution in [0.15, 0.2) is 164 Å². The van der Waals surface area contributed by atoms with Crippen molar-refractivity contribution >= 4 is 44.6 Å². The Labute approximate surface area is 435 Å². The summed E-state index contributed by atoms with van der Waals surface area (Å²) in [5.74, 6) is 2.41. The Morgan fingerprint density at radius 1 is 0.397 bits per heavy atom. The smallest absolute Gasteiger partial charge is 0.138 e. The molecule has 0 fully saturated rings. The van der Waals surface area contributed by atoms with Crippen molar-refractivity contribution in [1.29, 1.82) is 0 Å². The van der Waals surface area contributed by atoms with E-state index >= 15 is 0 Å². The summed E-state index contributed by atoms with van der Waals surface area (Å²) in [5, 5.41) is 2.36. The standard InChI is InChI=1S/C68H74N4O/c1-64(2,3)47-28-31-58-55(38-47)54-30-29-53(42-61(54)72(58)62-36-45(32-33-69-62)63-56(67(10,11)12)39-49(66(7,8)9)40-57(63)68(13,14)15)73-52-25-21-24-50(41-52)70-43-71(60-27-20-19-26-59(60)70)51-35-46(44-22-17-16-18-23-44)34-48(37-51)65(4,5)6/h16-42H,43H2,1-15H3. The van der Waals surface area contributed by atoms with Gasteiger partial charge in [0.15, 0.2) is 0 Å². The first-order valence-corrected chi connectivity index (χ1v) is 26.2. The van der Waals surface area contributed by atoms with Gasteiger partial charge in [0.2, 0.25) is 0 Å². The average molecular weight is 963 g/mol. The molecule has 0 saturated carbocycles. The van der Waals surface area contributed by atoms with Crippen LogP contribution in [0.1, 0.15) is 132 Å². The Morgan fingerprint density at radius 3 is 1.63 bits per heavy atom. The van der Waals surface area contributed by atoms with Crippen LogP contribution in [0, 0.1) is 0 Å². The molecule has 0 radical (unpaired) electrons. The molecule has 372 valence electrons. The maximum Gasteiger partial charge on any atom is 0.138 e. The van der Waals surface area contributed by atoms with Crippen LogP contribution in [-0.4, -0.2) is 16.2 Å². The Kier molecular flexibility index (Phi) is 12.1. The van der Waals surface area contributed by atoms with Crippen molar-refractivity contribution in [3.63, 3.8) is 0 Å². The summed E-state index contributed by atoms with van der Waals surface area (Å²) in [5.41, 5.74) is 18.1. The zero-order valence-corrected chi connectivity index (χ0v) is 46.0. The van der Waals surface area contributed by atoms with Crippen LogP contribution in [0.2, 0.25) is 0 Å². The molecule has 5 heteroatoms. The van der Waals surface area contributed by atoms with E-state index in [1.807, 2.05) is 6.20 Å². The number of nitrogens with zero attached hydrogens (tertiary/aromatic N) is 4. The predicted molar refractivity (Wildman–Crippen MR) is 311 cm³/mol. The number of benzene rings is 7. The molecular formula is C68H74N4O. The predicted octanol–water partition coefficient (Wildman–Crippen LogP) is 19.0. The minimum Gasteiger partial charge on any atom is -0.457 e. The number of para-hydroxylation sites is 2. The highest BCUT2D eigenvalue weighted by Gasteiger charge is 2.32. The van der Waals surface area contributed by atoms with Crippen molar-refractivity contribution in [2.75, 3.05) is 16.5 Å². The van der Waals surface area contributed by atoms with Gasteiger partial charge in [-0.15, -0.1) is 0 Å². The van der Waals surface area contributed by atoms with Crippen molar-refractivity contribution < 1.29 is 4.74 Å². The molecule has 7 aromatic carbocycles. The number of hydrogen-bond donors (Lipinski definition) is 0. The van der Waals surface area contributed by atoms with Gasteiger partial charge >= 0.3 is 0 Å². The van der Waals surface area contributed by atoms with Crippen molar-refractivity contribution in [2.24, 2.45) is 0 Å². The van der Waals surface area contributed by atoms with Crippen molar-refractivity contribution in [2.45, 2.75) is 131 Å². The number of ether oxygens (including phenoxy) is 1. The molecular weight excluding hydrogens is 889 g/mol. The normalized spacial score (nSPS) is 13.6. The first-order valence-electron chi connectivity index (χ1n) is 26.2. The molecule has 0 atom stereocenters. The van der Waals surface area contributed by atoms with Gasteiger partial charge in [-0.2, -0.15) is 0 Å². The lowest BCUT2D eigenvalue weighted by atomic mass is 9.71. The van der Waals surface area contributed by atoms with E-state index in [0.29, 0.717) is 6.67 Å². The van der Waals surface area contributed by atoms with Gasteiger partial charge in [-0.3, -0.25) is 4.57 Å². The fourth-order valence-corrected chi connectivity index (χ4v) is 10.5. The van der Waals surface area contributed by atoms with Crippen LogP contribution in [0.5, 0.6) is 11.5 Å². The molecule has 0 unspecified atom stereocenters. The van der Waals surface area contributed by atoms with Gasteiger partial charge in [0.1, 0.15) is 24.0 Å². The summed E-state index contributed by atoms with van der Waals surface area (Å²) < 4.78 is 9.27. The molecule has 0 aliphatic carbocycles. The lowest BCUT2D eigenvalue weighted by Crippen LogP contribution is -2.24. The summed E-state index contributed by atoms with van der Waals surface area (Å²) >= 11 is 0. The van der Waals surface area contributed by atoms with Crippen LogP contribution >= 0.6 is 0 Å². The molecule has 10 rings (SSSR count). The van der Waals surface area contributed by atoms with Crippen molar-refractivity contribution in [3.05, 3.63) is 192 Å². The number of aromatic nitrogens is 2. The molecule has 3 heterocycles. The SMILES string of the molecule is CC(C)(C)c1cc(-c2ccccc2)cc(N2CN(c3cccc(Oc4ccc5c6cc(C(C)(C)C)ccc6n(-c6cc(-c7c(C(C)(C)C)cc(C(C)(C)C)cc7C(C)(C)C)ccn6)c5c4)c3)c3ccccc32)c1. The van der Waals surface area contributed by atoms with Gasteiger partial charge in [-0.25, -0.2) is 4.98 Å². The topological polar surface area (TPSA) is 33.5 Å². The van der Waals surface area contributed by atoms with Gasteiger partial charge in [-0.05, 0) is 150 Å². The van der Waals surface area contributed by atoms with E-state index in [-0.39, 0.29) is 27.1 Å². The molecule has 9 aromatic rings. The van der Waals surface area contributed by atoms with Crippen LogP contribution < -0.4 is 14.5 Å². The third kappa shape index (κ3) is 9.56. The quantitative estimate of drug-likeness (QED) is 0.159. The van der Waals surface area contributed by atoms with Gasteiger partial charge in [0.05, 0.1) is 22.4 Å². The number of fused-ring (bicyclic) bond motifs is 4. The second kappa shape index (κ2) is 17.8. The number of rotatable bonds is 7. The highest BCUT2D eigenvalue weighted by atomic mass is 16.5. The number of pyridine rings is 1. The van der Waals surface area contributed by atoms with Gasteiger partial charge in [0.25, 0.3) is 0 Å². The molecule has 0 spiro atoms. The number of hydrogen-bond acceptors (Lipinski definition) is 4. The van der Waals surface area contributed by atoms with Gasteiger partial charge < -0.3 is 14.5 Å². The highest BCUT2D eigenvalue weighted by molar-refractivity contribution is 6.10. The summed E-state index contributed by atoms with van der Waals surface area (Å²) in [6, 6.07) is 58.0. The lowest BCUT2D eigenvalue weighted by Gasteiger charge is -2.34. The fraction of sp³-hybridized carbons (Fsp3) is 0.309. The largest absolute Gasteiger partial charge is 0.457 e. The van der Waals surface area contributed by atoms with Crippen LogP contribution in [-0.2, 0) is 27.1 Å². The fourth-order valence-electron chi connectivity index (χ4n) is 10.5. The average Bonchev–Trinajstić information content (AvgIpc) is 3.88. The molecule has 0 saturated heterocycles. The first-order chi connectivity index (χ1) is 34.3. The molecule has 73 heavy (non-hydrogen) atoms. The third-order valence-electron chi connectivity index (χ3n) is 14.8. The Morgan fingerprint density at radius 2 is 1.00 bits per heavy atom. The van der Waals surface area contributed by atoms with E-state index < -0.39 is 0 Å². The zero-order valence-electron chi connectivity index (χ0n) is 46.0. The van der Waals surface area contributed by atoms with Gasteiger partial charge in [0, 0.05) is 40.5 Å². The van der Waals surface area contributed by atoms with E-state index in [1.165, 1.54) is 66.8 Å². The lowest BCUT2D eigenvalue weighted by molar-refractivity contribution is 0.483. The summed E-state index contributed by atoms with van der Waals surface area (Å²) in [7, 11) is 0. The van der Waals surface area contributed by atoms with Gasteiger partial charge in [-0.1, -0.05) is 177 Å². The second-order valence-corrected chi connectivity index (χ2v) is 25.6. The van der Waals surface area contributed by atoms with Crippen LogP contribution in [0.4, 0.5) is 22.7 Å². The second-order valence-electron chi connectivity index (χ2n) is 25.6. The Bertz CT molecular complexity index is 3510. The van der Waals surface area contributed by atoms with Crippen LogP contribution in [0.25, 0.3) is 49.9 Å². The zero-order chi connectivity index (χ0) is 52.0. The van der Waals surface area contributed by atoms with E-state index in [0.717, 1.165) is 45.1 Å². The highest BCUT2D eigenvalue weighted by Crippen LogP contribution is 2.48. The molecule has 5 nitrogen and oxygen atoms in total. The molecule has 0 amide bonds. The molecule has 0 N–H and O–H groups in total. The van der Waals surface area contributed by atoms with Crippen LogP contribution in [0.3, 0.4) is 0 Å². The Balaban J connectivity index is 1.06. The first kappa shape index (κ1) is 49.5. The van der Waals surface area contributed by atoms with E-state index in [2.05, 4.69) is 276 Å². The minimum absolute atomic E-state index is 0.00554. The van der Waals surface area contributed by atoms with E-state index in [4.69, 9.17) is 9.72 Å². The molecule has 1 aliphatic heterocycles. The minimum atomic E-state index is -0.0953. The maximum atomic E-state index is 6.93. The maximum absolute atomic E-state index is 6.93. The monoisotopic (exact) mass is 963 g/mol. The summed E-state index contributed by atoms with van der Waals surface area (Å²) in [4.78, 5) is 10.0.